The third-order valence-corrected chi connectivity index (χ3v) is 6.26. The Hall–Kier alpha value is -2.94. The Morgan fingerprint density at radius 1 is 1.11 bits per heavy atom. The predicted molar refractivity (Wildman–Crippen MR) is 105 cm³/mol. The van der Waals surface area contributed by atoms with Crippen molar-refractivity contribution in [1.29, 1.82) is 0 Å². The minimum absolute atomic E-state index is 0.0809. The molecule has 2 aromatic rings. The van der Waals surface area contributed by atoms with Gasteiger partial charge in [0.2, 0.25) is 0 Å². The maximum absolute atomic E-state index is 13.3. The molecule has 0 saturated carbocycles. The van der Waals surface area contributed by atoms with Crippen molar-refractivity contribution in [2.75, 3.05) is 17.5 Å². The number of carbonyl (C=O) groups is 1. The van der Waals surface area contributed by atoms with Crippen molar-refractivity contribution in [3.8, 4) is 0 Å². The van der Waals surface area contributed by atoms with Gasteiger partial charge in [-0.1, -0.05) is 12.1 Å². The zero-order valence-corrected chi connectivity index (χ0v) is 16.9. The molecule has 0 N–H and O–H groups in total. The van der Waals surface area contributed by atoms with Crippen molar-refractivity contribution in [2.24, 2.45) is 0 Å². The van der Waals surface area contributed by atoms with Crippen LogP contribution in [-0.2, 0) is 14.8 Å². The zero-order valence-electron chi connectivity index (χ0n) is 16.1. The van der Waals surface area contributed by atoms with Crippen LogP contribution in [0.25, 0.3) is 0 Å². The van der Waals surface area contributed by atoms with Crippen LogP contribution < -0.4 is 4.31 Å². The molecule has 0 heterocycles. The van der Waals surface area contributed by atoms with E-state index in [0.29, 0.717) is 16.8 Å². The summed E-state index contributed by atoms with van der Waals surface area (Å²) in [7, 11) is -4.09. The van der Waals surface area contributed by atoms with Crippen LogP contribution in [0.4, 0.5) is 11.4 Å². The summed E-state index contributed by atoms with van der Waals surface area (Å²) in [5.74, 6) is -0.552. The summed E-state index contributed by atoms with van der Waals surface area (Å²) >= 11 is 0. The van der Waals surface area contributed by atoms with Gasteiger partial charge in [0.15, 0.2) is 0 Å². The highest BCUT2D eigenvalue weighted by Crippen LogP contribution is 2.31. The lowest BCUT2D eigenvalue weighted by molar-refractivity contribution is -0.385. The van der Waals surface area contributed by atoms with Gasteiger partial charge in [0.1, 0.15) is 0 Å². The Labute approximate surface area is 163 Å². The molecule has 0 unspecified atom stereocenters. The average Bonchev–Trinajstić information content (AvgIpc) is 2.63. The monoisotopic (exact) mass is 406 g/mol. The van der Waals surface area contributed by atoms with Gasteiger partial charge in [-0.15, -0.1) is 0 Å². The number of aryl methyl sites for hydroxylation is 2. The molecule has 0 atom stereocenters. The molecule has 0 aliphatic heterocycles. The topological polar surface area (TPSA) is 107 Å². The highest BCUT2D eigenvalue weighted by molar-refractivity contribution is 7.92. The van der Waals surface area contributed by atoms with Crippen molar-refractivity contribution in [1.82, 2.24) is 0 Å². The van der Waals surface area contributed by atoms with E-state index in [1.165, 1.54) is 18.2 Å². The first kappa shape index (κ1) is 21.4. The molecule has 0 amide bonds. The first-order chi connectivity index (χ1) is 13.1. The Morgan fingerprint density at radius 2 is 1.75 bits per heavy atom. The smallest absolute Gasteiger partial charge is 0.338 e. The maximum Gasteiger partial charge on any atom is 0.338 e. The second kappa shape index (κ2) is 8.39. The Kier molecular flexibility index (Phi) is 6.40. The first-order valence-electron chi connectivity index (χ1n) is 8.69. The van der Waals surface area contributed by atoms with E-state index in [-0.39, 0.29) is 29.3 Å². The maximum atomic E-state index is 13.3. The number of sulfonamides is 1. The number of carbonyl (C=O) groups excluding carboxylic acids is 1. The number of rotatable bonds is 7. The summed E-state index contributed by atoms with van der Waals surface area (Å²) in [6.45, 7) is 6.92. The minimum Gasteiger partial charge on any atom is -0.462 e. The summed E-state index contributed by atoms with van der Waals surface area (Å²) in [5, 5.41) is 11.1. The molecule has 0 aliphatic rings. The molecule has 0 aliphatic carbocycles. The lowest BCUT2D eigenvalue weighted by Crippen LogP contribution is -2.32. The number of ether oxygens (including phenoxy) is 1. The summed E-state index contributed by atoms with van der Waals surface area (Å²) < 4.78 is 32.7. The molecule has 9 heteroatoms. The van der Waals surface area contributed by atoms with E-state index >= 15 is 0 Å². The summed E-state index contributed by atoms with van der Waals surface area (Å²) in [5.41, 5.74) is 1.27. The Balaban J connectivity index is 2.62. The van der Waals surface area contributed by atoms with Crippen molar-refractivity contribution >= 4 is 27.4 Å². The number of esters is 1. The number of hydrogen-bond acceptors (Lipinski definition) is 6. The molecular weight excluding hydrogens is 384 g/mol. The quantitative estimate of drug-likeness (QED) is 0.395. The predicted octanol–water partition coefficient (Wildman–Crippen LogP) is 3.60. The fourth-order valence-electron chi connectivity index (χ4n) is 2.79. The largest absolute Gasteiger partial charge is 0.462 e. The van der Waals surface area contributed by atoms with Crippen molar-refractivity contribution < 1.29 is 22.9 Å². The fraction of sp³-hybridized carbons (Fsp3) is 0.316. The average molecular weight is 406 g/mol. The van der Waals surface area contributed by atoms with Crippen LogP contribution in [0, 0.1) is 24.0 Å². The molecule has 0 fully saturated rings. The van der Waals surface area contributed by atoms with Crippen LogP contribution in [-0.4, -0.2) is 32.5 Å². The number of nitro benzene ring substituents is 1. The number of anilines is 1. The van der Waals surface area contributed by atoms with Gasteiger partial charge in [-0.25, -0.2) is 13.2 Å². The van der Waals surface area contributed by atoms with Gasteiger partial charge in [0.05, 0.1) is 27.7 Å². The van der Waals surface area contributed by atoms with Gasteiger partial charge in [-0.05, 0) is 51.0 Å². The standard InChI is InChI=1S/C19H22N2O6S/c1-5-20(17-11-15(9-7-13(17)3)19(22)27-6-2)28(25,26)18-12-16(21(23)24)10-8-14(18)4/h7-12H,5-6H2,1-4H3. The second-order valence-corrected chi connectivity index (χ2v) is 7.93. The van der Waals surface area contributed by atoms with Gasteiger partial charge in [-0.3, -0.25) is 14.4 Å². The zero-order chi connectivity index (χ0) is 21.1. The van der Waals surface area contributed by atoms with E-state index in [1.54, 1.807) is 39.8 Å². The van der Waals surface area contributed by atoms with Crippen LogP contribution in [0.5, 0.6) is 0 Å². The summed E-state index contributed by atoms with van der Waals surface area (Å²) in [4.78, 5) is 22.3. The van der Waals surface area contributed by atoms with Gasteiger partial charge < -0.3 is 4.74 Å². The molecule has 0 saturated heterocycles. The lowest BCUT2D eigenvalue weighted by Gasteiger charge is -2.25. The lowest BCUT2D eigenvalue weighted by atomic mass is 10.1. The number of nitrogens with zero attached hydrogens (tertiary/aromatic N) is 2. The van der Waals surface area contributed by atoms with Gasteiger partial charge in [-0.2, -0.15) is 0 Å². The molecule has 28 heavy (non-hydrogen) atoms. The molecule has 0 aromatic heterocycles. The number of hydrogen-bond donors (Lipinski definition) is 0. The molecule has 150 valence electrons. The van der Waals surface area contributed by atoms with Crippen LogP contribution in [0.3, 0.4) is 0 Å². The van der Waals surface area contributed by atoms with Crippen LogP contribution in [0.2, 0.25) is 0 Å². The third-order valence-electron chi connectivity index (χ3n) is 4.23. The van der Waals surface area contributed by atoms with E-state index in [9.17, 15) is 23.3 Å². The van der Waals surface area contributed by atoms with Crippen LogP contribution >= 0.6 is 0 Å². The van der Waals surface area contributed by atoms with Gasteiger partial charge >= 0.3 is 5.97 Å². The van der Waals surface area contributed by atoms with Crippen LogP contribution in [0.1, 0.15) is 35.3 Å². The van der Waals surface area contributed by atoms with Gasteiger partial charge in [0.25, 0.3) is 15.7 Å². The summed E-state index contributed by atoms with van der Waals surface area (Å²) in [6, 6.07) is 8.38. The summed E-state index contributed by atoms with van der Waals surface area (Å²) in [6.07, 6.45) is 0. The number of non-ortho nitro benzene ring substituents is 1. The normalized spacial score (nSPS) is 11.1. The molecule has 8 nitrogen and oxygen atoms in total. The van der Waals surface area contributed by atoms with Crippen molar-refractivity contribution in [2.45, 2.75) is 32.6 Å². The van der Waals surface area contributed by atoms with Crippen molar-refractivity contribution in [3.63, 3.8) is 0 Å². The van der Waals surface area contributed by atoms with Crippen molar-refractivity contribution in [3.05, 3.63) is 63.2 Å². The minimum atomic E-state index is -4.09. The van der Waals surface area contributed by atoms with E-state index in [4.69, 9.17) is 4.74 Å². The highest BCUT2D eigenvalue weighted by atomic mass is 32.2. The van der Waals surface area contributed by atoms with E-state index in [0.717, 1.165) is 10.4 Å². The Morgan fingerprint density at radius 3 is 2.32 bits per heavy atom. The molecule has 0 bridgehead atoms. The Bertz CT molecular complexity index is 1020. The highest BCUT2D eigenvalue weighted by Gasteiger charge is 2.28. The first-order valence-corrected chi connectivity index (χ1v) is 10.1. The SMILES string of the molecule is CCOC(=O)c1ccc(C)c(N(CC)S(=O)(=O)c2cc([N+](=O)[O-])ccc2C)c1. The molecule has 2 rings (SSSR count). The van der Waals surface area contributed by atoms with E-state index < -0.39 is 20.9 Å². The van der Waals surface area contributed by atoms with E-state index in [2.05, 4.69) is 0 Å². The number of benzene rings is 2. The molecule has 2 aromatic carbocycles. The fourth-order valence-corrected chi connectivity index (χ4v) is 4.57. The number of nitro groups is 1. The van der Waals surface area contributed by atoms with Gasteiger partial charge in [0, 0.05) is 18.7 Å². The molecular formula is C19H22N2O6S. The van der Waals surface area contributed by atoms with E-state index in [1.807, 2.05) is 0 Å². The second-order valence-electron chi connectivity index (χ2n) is 6.10. The molecule has 0 radical (unpaired) electrons. The third kappa shape index (κ3) is 4.14. The van der Waals surface area contributed by atoms with Crippen LogP contribution in [0.15, 0.2) is 41.3 Å². The molecule has 0 spiro atoms.